The maximum Gasteiger partial charge on any atom is 0.251 e. The maximum atomic E-state index is 12.4. The molecule has 26 heavy (non-hydrogen) atoms. The first-order valence-electron chi connectivity index (χ1n) is 9.53. The van der Waals surface area contributed by atoms with E-state index in [0.717, 1.165) is 25.9 Å². The van der Waals surface area contributed by atoms with Crippen molar-refractivity contribution in [3.05, 3.63) is 29.8 Å². The fraction of sp³-hybridized carbons (Fsp3) is 0.632. The van der Waals surface area contributed by atoms with Gasteiger partial charge in [-0.05, 0) is 76.4 Å². The quantitative estimate of drug-likeness (QED) is 0.850. The number of piperidine rings is 1. The van der Waals surface area contributed by atoms with Gasteiger partial charge in [-0.25, -0.2) is 8.42 Å². The molecule has 0 atom stereocenters. The Kier molecular flexibility index (Phi) is 6.19. The van der Waals surface area contributed by atoms with Crippen LogP contribution in [0.3, 0.4) is 0 Å². The molecule has 3 rings (SSSR count). The number of hydrogen-bond donors (Lipinski definition) is 1. The molecule has 1 aromatic carbocycles. The third kappa shape index (κ3) is 4.76. The van der Waals surface area contributed by atoms with E-state index in [1.165, 1.54) is 17.1 Å². The van der Waals surface area contributed by atoms with Crippen molar-refractivity contribution in [1.82, 2.24) is 10.2 Å². The highest BCUT2D eigenvalue weighted by molar-refractivity contribution is 7.92. The summed E-state index contributed by atoms with van der Waals surface area (Å²) in [7, 11) is -1.11. The molecule has 0 aliphatic carbocycles. The summed E-state index contributed by atoms with van der Waals surface area (Å²) in [4.78, 5) is 14.8. The molecular formula is C19H29N3O3S. The van der Waals surface area contributed by atoms with Gasteiger partial charge in [0.15, 0.2) is 0 Å². The molecule has 0 radical (unpaired) electrons. The molecule has 2 heterocycles. The first-order valence-corrected chi connectivity index (χ1v) is 11.1. The van der Waals surface area contributed by atoms with Gasteiger partial charge >= 0.3 is 0 Å². The molecule has 0 unspecified atom stereocenters. The monoisotopic (exact) mass is 379 g/mol. The lowest BCUT2D eigenvalue weighted by Gasteiger charge is -2.29. The molecule has 0 aromatic heterocycles. The molecule has 1 aromatic rings. The average molecular weight is 380 g/mol. The van der Waals surface area contributed by atoms with Gasteiger partial charge in [0, 0.05) is 18.7 Å². The minimum atomic E-state index is -3.26. The zero-order valence-electron chi connectivity index (χ0n) is 15.5. The van der Waals surface area contributed by atoms with Crippen molar-refractivity contribution in [1.29, 1.82) is 0 Å². The Morgan fingerprint density at radius 1 is 1.19 bits per heavy atom. The van der Waals surface area contributed by atoms with Crippen LogP contribution in [0.4, 0.5) is 5.69 Å². The first kappa shape index (κ1) is 19.2. The van der Waals surface area contributed by atoms with Crippen molar-refractivity contribution < 1.29 is 13.2 Å². The normalized spacial score (nSPS) is 21.5. The second-order valence-electron chi connectivity index (χ2n) is 7.44. The Balaban J connectivity index is 1.56. The van der Waals surface area contributed by atoms with Gasteiger partial charge in [-0.1, -0.05) is 6.07 Å². The molecular weight excluding hydrogens is 350 g/mol. The van der Waals surface area contributed by atoms with Crippen molar-refractivity contribution in [2.75, 3.05) is 43.3 Å². The van der Waals surface area contributed by atoms with E-state index >= 15 is 0 Å². The molecule has 6 nitrogen and oxygen atoms in total. The van der Waals surface area contributed by atoms with Gasteiger partial charge in [0.2, 0.25) is 10.0 Å². The number of nitrogens with one attached hydrogen (secondary N) is 1. The molecule has 0 saturated carbocycles. The Hall–Kier alpha value is -1.60. The highest BCUT2D eigenvalue weighted by Gasteiger charge is 2.26. The third-order valence-corrected chi connectivity index (χ3v) is 7.29. The molecule has 2 fully saturated rings. The van der Waals surface area contributed by atoms with E-state index in [-0.39, 0.29) is 11.7 Å². The lowest BCUT2D eigenvalue weighted by atomic mass is 9.94. The van der Waals surface area contributed by atoms with E-state index in [9.17, 15) is 13.2 Å². The molecule has 0 bridgehead atoms. The van der Waals surface area contributed by atoms with E-state index in [4.69, 9.17) is 0 Å². The van der Waals surface area contributed by atoms with Crippen molar-refractivity contribution in [2.45, 2.75) is 32.1 Å². The van der Waals surface area contributed by atoms with Gasteiger partial charge in [0.05, 0.1) is 11.4 Å². The predicted molar refractivity (Wildman–Crippen MR) is 104 cm³/mol. The summed E-state index contributed by atoms with van der Waals surface area (Å²) in [5, 5.41) is 2.99. The minimum absolute atomic E-state index is 0.130. The number of carbonyl (C=O) groups excluding carboxylic acids is 1. The van der Waals surface area contributed by atoms with Crippen molar-refractivity contribution in [2.24, 2.45) is 5.92 Å². The van der Waals surface area contributed by atoms with E-state index in [2.05, 4.69) is 17.3 Å². The number of nitrogens with zero attached hydrogens (tertiary/aromatic N) is 2. The maximum absolute atomic E-state index is 12.4. The van der Waals surface area contributed by atoms with E-state index in [1.807, 2.05) is 0 Å². The van der Waals surface area contributed by atoms with Gasteiger partial charge < -0.3 is 10.2 Å². The predicted octanol–water partition coefficient (Wildman–Crippen LogP) is 2.08. The molecule has 1 N–H and O–H groups in total. The molecule has 144 valence electrons. The molecule has 2 saturated heterocycles. The summed E-state index contributed by atoms with van der Waals surface area (Å²) >= 11 is 0. The van der Waals surface area contributed by atoms with E-state index in [0.29, 0.717) is 36.7 Å². The summed E-state index contributed by atoms with van der Waals surface area (Å²) in [6.07, 6.45) is 4.94. The zero-order valence-corrected chi connectivity index (χ0v) is 16.3. The van der Waals surface area contributed by atoms with Gasteiger partial charge in [0.1, 0.15) is 0 Å². The summed E-state index contributed by atoms with van der Waals surface area (Å²) in [6.45, 7) is 3.42. The van der Waals surface area contributed by atoms with Crippen LogP contribution < -0.4 is 9.62 Å². The smallest absolute Gasteiger partial charge is 0.251 e. The Morgan fingerprint density at radius 2 is 1.96 bits per heavy atom. The zero-order chi connectivity index (χ0) is 18.6. The van der Waals surface area contributed by atoms with Gasteiger partial charge in [0.25, 0.3) is 5.91 Å². The summed E-state index contributed by atoms with van der Waals surface area (Å²) in [5.41, 5.74) is 1.11. The second kappa shape index (κ2) is 8.39. The molecule has 2 aliphatic heterocycles. The van der Waals surface area contributed by atoms with Gasteiger partial charge in [-0.15, -0.1) is 0 Å². The highest BCUT2D eigenvalue weighted by Crippen LogP contribution is 2.24. The summed E-state index contributed by atoms with van der Waals surface area (Å²) in [5.74, 6) is 0.727. The summed E-state index contributed by atoms with van der Waals surface area (Å²) in [6, 6.07) is 6.95. The fourth-order valence-electron chi connectivity index (χ4n) is 3.72. The van der Waals surface area contributed by atoms with Crippen molar-refractivity contribution in [3.63, 3.8) is 0 Å². The van der Waals surface area contributed by atoms with Crippen LogP contribution in [0.15, 0.2) is 24.3 Å². The molecule has 1 amide bonds. The number of carbonyl (C=O) groups is 1. The lowest BCUT2D eigenvalue weighted by Crippen LogP contribution is -2.38. The molecule has 2 aliphatic rings. The standard InChI is InChI=1S/C19H29N3O3S/c1-21-12-8-16(9-13-21)7-10-20-19(23)17-5-4-6-18(15-17)22-11-2-3-14-26(22,24)25/h4-6,15-16H,2-3,7-14H2,1H3,(H,20,23). The van der Waals surface area contributed by atoms with Crippen LogP contribution in [0, 0.1) is 5.92 Å². The SMILES string of the molecule is CN1CCC(CCNC(=O)c2cccc(N3CCCCS3(=O)=O)c2)CC1. The lowest BCUT2D eigenvalue weighted by molar-refractivity contribution is 0.0949. The number of amides is 1. The van der Waals surface area contributed by atoms with Crippen LogP contribution in [0.5, 0.6) is 0 Å². The van der Waals surface area contributed by atoms with E-state index < -0.39 is 10.0 Å². The number of rotatable bonds is 5. The fourth-order valence-corrected chi connectivity index (χ4v) is 5.36. The number of likely N-dealkylation sites (tertiary alicyclic amines) is 1. The van der Waals surface area contributed by atoms with Crippen molar-refractivity contribution >= 4 is 21.6 Å². The van der Waals surface area contributed by atoms with Crippen LogP contribution in [-0.2, 0) is 10.0 Å². The summed E-state index contributed by atoms with van der Waals surface area (Å²) < 4.78 is 25.9. The van der Waals surface area contributed by atoms with Gasteiger partial charge in [-0.3, -0.25) is 9.10 Å². The molecule has 0 spiro atoms. The number of anilines is 1. The minimum Gasteiger partial charge on any atom is -0.352 e. The van der Waals surface area contributed by atoms with Crippen LogP contribution in [-0.4, -0.2) is 58.2 Å². The van der Waals surface area contributed by atoms with Crippen LogP contribution >= 0.6 is 0 Å². The van der Waals surface area contributed by atoms with Crippen LogP contribution in [0.1, 0.15) is 42.5 Å². The highest BCUT2D eigenvalue weighted by atomic mass is 32.2. The Morgan fingerprint density at radius 3 is 2.69 bits per heavy atom. The largest absolute Gasteiger partial charge is 0.352 e. The number of hydrogen-bond acceptors (Lipinski definition) is 4. The Labute approximate surface area is 156 Å². The second-order valence-corrected chi connectivity index (χ2v) is 9.45. The Bertz CT molecular complexity index is 727. The van der Waals surface area contributed by atoms with Crippen LogP contribution in [0.25, 0.3) is 0 Å². The number of sulfonamides is 1. The third-order valence-electron chi connectivity index (χ3n) is 5.42. The molecule has 7 heteroatoms. The van der Waals surface area contributed by atoms with Gasteiger partial charge in [-0.2, -0.15) is 0 Å². The van der Waals surface area contributed by atoms with Crippen molar-refractivity contribution in [3.8, 4) is 0 Å². The first-order chi connectivity index (χ1) is 12.5. The topological polar surface area (TPSA) is 69.7 Å². The van der Waals surface area contributed by atoms with E-state index in [1.54, 1.807) is 24.3 Å². The van der Waals surface area contributed by atoms with Crippen LogP contribution in [0.2, 0.25) is 0 Å². The average Bonchev–Trinajstić information content (AvgIpc) is 2.63. The number of benzene rings is 1.